The third-order valence-electron chi connectivity index (χ3n) is 3.90. The van der Waals surface area contributed by atoms with Gasteiger partial charge in [-0.2, -0.15) is 0 Å². The van der Waals surface area contributed by atoms with E-state index in [2.05, 4.69) is 17.1 Å². The Morgan fingerprint density at radius 3 is 2.71 bits per heavy atom. The molecule has 2 unspecified atom stereocenters. The molecule has 0 spiro atoms. The molecule has 2 aliphatic heterocycles. The molecule has 0 aromatic heterocycles. The largest absolute Gasteiger partial charge is 0.316 e. The van der Waals surface area contributed by atoms with E-state index in [1.165, 1.54) is 58.4 Å². The van der Waals surface area contributed by atoms with Crippen molar-refractivity contribution in [2.45, 2.75) is 32.6 Å². The van der Waals surface area contributed by atoms with Crippen molar-refractivity contribution >= 4 is 0 Å². The maximum atomic E-state index is 3.48. The lowest BCUT2D eigenvalue weighted by molar-refractivity contribution is 0.148. The summed E-state index contributed by atoms with van der Waals surface area (Å²) in [6.07, 6.45) is 5.70. The van der Waals surface area contributed by atoms with E-state index in [0.717, 1.165) is 11.8 Å². The lowest BCUT2D eigenvalue weighted by atomic mass is 9.87. The van der Waals surface area contributed by atoms with Crippen molar-refractivity contribution < 1.29 is 0 Å². The van der Waals surface area contributed by atoms with Crippen LogP contribution in [0, 0.1) is 11.8 Å². The molecule has 2 heterocycles. The van der Waals surface area contributed by atoms with Crippen LogP contribution in [0.2, 0.25) is 0 Å². The Labute approximate surface area is 88.1 Å². The molecule has 2 rings (SSSR count). The second-order valence-electron chi connectivity index (χ2n) is 5.09. The molecular weight excluding hydrogens is 172 g/mol. The van der Waals surface area contributed by atoms with Gasteiger partial charge in [0.2, 0.25) is 0 Å². The lowest BCUT2D eigenvalue weighted by Crippen LogP contribution is -2.42. The summed E-state index contributed by atoms with van der Waals surface area (Å²) in [7, 11) is 0. The molecule has 14 heavy (non-hydrogen) atoms. The summed E-state index contributed by atoms with van der Waals surface area (Å²) >= 11 is 0. The van der Waals surface area contributed by atoms with Gasteiger partial charge in [0.1, 0.15) is 0 Å². The highest BCUT2D eigenvalue weighted by molar-refractivity contribution is 4.78. The van der Waals surface area contributed by atoms with Gasteiger partial charge in [-0.15, -0.1) is 0 Å². The van der Waals surface area contributed by atoms with Crippen molar-refractivity contribution in [2.24, 2.45) is 11.8 Å². The minimum absolute atomic E-state index is 0.880. The fourth-order valence-electron chi connectivity index (χ4n) is 2.81. The monoisotopic (exact) mass is 196 g/mol. The molecule has 2 saturated heterocycles. The molecule has 2 aliphatic rings. The highest BCUT2D eigenvalue weighted by atomic mass is 15.1. The molecule has 0 aliphatic carbocycles. The lowest BCUT2D eigenvalue weighted by Gasteiger charge is -2.35. The summed E-state index contributed by atoms with van der Waals surface area (Å²) < 4.78 is 0. The van der Waals surface area contributed by atoms with E-state index in [9.17, 15) is 0 Å². The molecule has 0 saturated carbocycles. The molecular formula is C12H24N2. The predicted octanol–water partition coefficient (Wildman–Crippen LogP) is 1.72. The van der Waals surface area contributed by atoms with E-state index < -0.39 is 0 Å². The third kappa shape index (κ3) is 2.71. The van der Waals surface area contributed by atoms with E-state index in [4.69, 9.17) is 0 Å². The number of rotatable bonds is 2. The number of hydrogen-bond acceptors (Lipinski definition) is 2. The standard InChI is InChI=1S/C12H24N2/c1-11-9-13-6-5-12(11)10-14-7-3-2-4-8-14/h11-13H,2-10H2,1H3. The van der Waals surface area contributed by atoms with E-state index >= 15 is 0 Å². The van der Waals surface area contributed by atoms with Crippen LogP contribution in [0.25, 0.3) is 0 Å². The quantitative estimate of drug-likeness (QED) is 0.723. The fraction of sp³-hybridized carbons (Fsp3) is 1.00. The highest BCUT2D eigenvalue weighted by Gasteiger charge is 2.23. The second kappa shape index (κ2) is 5.13. The van der Waals surface area contributed by atoms with Gasteiger partial charge in [0.25, 0.3) is 0 Å². The maximum Gasteiger partial charge on any atom is 0.00132 e. The average Bonchev–Trinajstić information content (AvgIpc) is 2.23. The fourth-order valence-corrected chi connectivity index (χ4v) is 2.81. The van der Waals surface area contributed by atoms with E-state index in [-0.39, 0.29) is 0 Å². The first-order valence-electron chi connectivity index (χ1n) is 6.29. The van der Waals surface area contributed by atoms with Crippen LogP contribution in [-0.4, -0.2) is 37.6 Å². The van der Waals surface area contributed by atoms with E-state index in [1.54, 1.807) is 0 Å². The molecule has 0 aromatic carbocycles. The molecule has 2 heteroatoms. The summed E-state index contributed by atoms with van der Waals surface area (Å²) in [5.41, 5.74) is 0. The van der Waals surface area contributed by atoms with Crippen LogP contribution in [0.3, 0.4) is 0 Å². The molecule has 2 atom stereocenters. The molecule has 0 radical (unpaired) electrons. The Morgan fingerprint density at radius 1 is 1.21 bits per heavy atom. The van der Waals surface area contributed by atoms with Crippen molar-refractivity contribution in [1.29, 1.82) is 0 Å². The van der Waals surface area contributed by atoms with E-state index in [1.807, 2.05) is 0 Å². The molecule has 2 nitrogen and oxygen atoms in total. The van der Waals surface area contributed by atoms with Crippen molar-refractivity contribution in [3.63, 3.8) is 0 Å². The third-order valence-corrected chi connectivity index (χ3v) is 3.90. The molecule has 0 amide bonds. The van der Waals surface area contributed by atoms with Crippen molar-refractivity contribution in [3.05, 3.63) is 0 Å². The average molecular weight is 196 g/mol. The van der Waals surface area contributed by atoms with Gasteiger partial charge in [0.15, 0.2) is 0 Å². The number of likely N-dealkylation sites (tertiary alicyclic amines) is 1. The molecule has 1 N–H and O–H groups in total. The smallest absolute Gasteiger partial charge is 0.00132 e. The number of piperidine rings is 2. The minimum Gasteiger partial charge on any atom is -0.316 e. The summed E-state index contributed by atoms with van der Waals surface area (Å²) in [6.45, 7) is 8.96. The van der Waals surface area contributed by atoms with Crippen molar-refractivity contribution in [3.8, 4) is 0 Å². The van der Waals surface area contributed by atoms with Gasteiger partial charge in [-0.1, -0.05) is 13.3 Å². The van der Waals surface area contributed by atoms with Crippen molar-refractivity contribution in [2.75, 3.05) is 32.7 Å². The molecule has 0 bridgehead atoms. The Bertz CT molecular complexity index is 164. The van der Waals surface area contributed by atoms with E-state index in [0.29, 0.717) is 0 Å². The summed E-state index contributed by atoms with van der Waals surface area (Å²) in [4.78, 5) is 2.69. The Hall–Kier alpha value is -0.0800. The minimum atomic E-state index is 0.880. The van der Waals surface area contributed by atoms with Crippen LogP contribution >= 0.6 is 0 Å². The summed E-state index contributed by atoms with van der Waals surface area (Å²) in [6, 6.07) is 0. The zero-order valence-electron chi connectivity index (χ0n) is 9.47. The summed E-state index contributed by atoms with van der Waals surface area (Å²) in [5.74, 6) is 1.83. The first-order chi connectivity index (χ1) is 6.86. The zero-order valence-corrected chi connectivity index (χ0v) is 9.47. The predicted molar refractivity (Wildman–Crippen MR) is 60.4 cm³/mol. The van der Waals surface area contributed by atoms with Crippen LogP contribution in [0.5, 0.6) is 0 Å². The van der Waals surface area contributed by atoms with Gasteiger partial charge in [0.05, 0.1) is 0 Å². The summed E-state index contributed by atoms with van der Waals surface area (Å²) in [5, 5.41) is 3.48. The van der Waals surface area contributed by atoms with Crippen LogP contribution in [0.15, 0.2) is 0 Å². The Kier molecular flexibility index (Phi) is 3.82. The van der Waals surface area contributed by atoms with Gasteiger partial charge in [-0.25, -0.2) is 0 Å². The topological polar surface area (TPSA) is 15.3 Å². The van der Waals surface area contributed by atoms with Gasteiger partial charge >= 0.3 is 0 Å². The van der Waals surface area contributed by atoms with Crippen LogP contribution in [0.4, 0.5) is 0 Å². The van der Waals surface area contributed by atoms with Crippen LogP contribution < -0.4 is 5.32 Å². The van der Waals surface area contributed by atoms with Gasteiger partial charge in [-0.3, -0.25) is 0 Å². The van der Waals surface area contributed by atoms with Gasteiger partial charge < -0.3 is 10.2 Å². The molecule has 2 fully saturated rings. The number of nitrogens with zero attached hydrogens (tertiary/aromatic N) is 1. The SMILES string of the molecule is CC1CNCCC1CN1CCCCC1. The van der Waals surface area contributed by atoms with Gasteiger partial charge in [-0.05, 0) is 57.3 Å². The zero-order chi connectivity index (χ0) is 9.80. The normalized spacial score (nSPS) is 35.8. The van der Waals surface area contributed by atoms with Crippen LogP contribution in [-0.2, 0) is 0 Å². The Morgan fingerprint density at radius 2 is 2.00 bits per heavy atom. The number of nitrogens with one attached hydrogen (secondary N) is 1. The Balaban J connectivity index is 1.76. The molecule has 82 valence electrons. The maximum absolute atomic E-state index is 3.48. The first-order valence-corrected chi connectivity index (χ1v) is 6.29. The van der Waals surface area contributed by atoms with Gasteiger partial charge in [0, 0.05) is 6.54 Å². The van der Waals surface area contributed by atoms with Crippen molar-refractivity contribution in [1.82, 2.24) is 10.2 Å². The van der Waals surface area contributed by atoms with Crippen LogP contribution in [0.1, 0.15) is 32.6 Å². The number of hydrogen-bond donors (Lipinski definition) is 1. The molecule has 0 aromatic rings. The second-order valence-corrected chi connectivity index (χ2v) is 5.09. The highest BCUT2D eigenvalue weighted by Crippen LogP contribution is 2.21. The first kappa shape index (κ1) is 10.4.